The van der Waals surface area contributed by atoms with Crippen molar-refractivity contribution in [1.82, 2.24) is 5.32 Å². The van der Waals surface area contributed by atoms with Crippen LogP contribution < -0.4 is 11.1 Å². The molecule has 0 aliphatic heterocycles. The van der Waals surface area contributed by atoms with E-state index in [1.807, 2.05) is 36.4 Å². The van der Waals surface area contributed by atoms with Gasteiger partial charge in [-0.15, -0.1) is 0 Å². The largest absolute Gasteiger partial charge is 0.386 e. The van der Waals surface area contributed by atoms with Crippen molar-refractivity contribution >= 4 is 29.1 Å². The summed E-state index contributed by atoms with van der Waals surface area (Å²) in [5.74, 6) is -0.745. The molecule has 7 heteroatoms. The van der Waals surface area contributed by atoms with Crippen LogP contribution in [0.1, 0.15) is 30.1 Å². The molecule has 2 aromatic carbocycles. The van der Waals surface area contributed by atoms with E-state index in [0.29, 0.717) is 5.56 Å². The van der Waals surface area contributed by atoms with E-state index >= 15 is 0 Å². The minimum Gasteiger partial charge on any atom is -0.386 e. The van der Waals surface area contributed by atoms with E-state index in [2.05, 4.69) is 5.32 Å². The topological polar surface area (TPSA) is 75.3 Å². The number of halogens is 3. The maximum atomic E-state index is 13.2. The van der Waals surface area contributed by atoms with Gasteiger partial charge in [0.05, 0.1) is 6.04 Å². The lowest BCUT2D eigenvalue weighted by atomic mass is 9.97. The third-order valence-corrected chi connectivity index (χ3v) is 5.30. The Labute approximate surface area is 167 Å². The first-order valence-electron chi connectivity index (χ1n) is 8.66. The number of carbonyl (C=O) groups excluding carboxylic acids is 1. The monoisotopic (exact) mass is 410 g/mol. The van der Waals surface area contributed by atoms with Crippen LogP contribution in [-0.4, -0.2) is 28.6 Å². The highest BCUT2D eigenvalue weighted by Gasteiger charge is 2.39. The van der Waals surface area contributed by atoms with Crippen LogP contribution in [0.3, 0.4) is 0 Å². The van der Waals surface area contributed by atoms with Crippen molar-refractivity contribution in [3.63, 3.8) is 0 Å². The van der Waals surface area contributed by atoms with Crippen LogP contribution >= 0.6 is 23.2 Å². The van der Waals surface area contributed by atoms with Gasteiger partial charge in [0.2, 0.25) is 0 Å². The summed E-state index contributed by atoms with van der Waals surface area (Å²) in [6.45, 7) is -0.947. The molecular formula is C20H21Cl2FN2O2. The molecule has 2 aromatic rings. The first kappa shape index (κ1) is 20.1. The molecule has 0 heterocycles. The second-order valence-electron chi connectivity index (χ2n) is 6.87. The van der Waals surface area contributed by atoms with Gasteiger partial charge in [-0.1, -0.05) is 71.7 Å². The highest BCUT2D eigenvalue weighted by Crippen LogP contribution is 2.42. The summed E-state index contributed by atoms with van der Waals surface area (Å²) in [6, 6.07) is 14.1. The number of amides is 1. The number of hydrogen-bond donors (Lipinski definition) is 3. The van der Waals surface area contributed by atoms with Crippen LogP contribution in [0, 0.1) is 0 Å². The number of benzene rings is 2. The van der Waals surface area contributed by atoms with Crippen molar-refractivity contribution in [2.24, 2.45) is 5.73 Å². The van der Waals surface area contributed by atoms with Gasteiger partial charge >= 0.3 is 0 Å². The molecular weight excluding hydrogens is 390 g/mol. The SMILES string of the molecule is NC1(c2ccc(-c3ccc([C@H](O)[C@@H](CF)NC(=O)C(Cl)Cl)cc3)cc2)CC1. The molecule has 2 atom stereocenters. The van der Waals surface area contributed by atoms with Crippen LogP contribution in [0.5, 0.6) is 0 Å². The van der Waals surface area contributed by atoms with Crippen molar-refractivity contribution in [3.8, 4) is 11.1 Å². The van der Waals surface area contributed by atoms with Gasteiger partial charge < -0.3 is 16.2 Å². The van der Waals surface area contributed by atoms with E-state index in [9.17, 15) is 14.3 Å². The standard InChI is InChI=1S/C20H21Cl2FN2O2/c21-18(22)19(27)25-16(11-23)17(26)14-3-1-12(2-4-14)13-5-7-15(8-6-13)20(24)9-10-20/h1-8,16-18,26H,9-11,24H2,(H,25,27)/t16-,17+/m1/s1. The molecule has 0 radical (unpaired) electrons. The number of hydrogen-bond acceptors (Lipinski definition) is 3. The van der Waals surface area contributed by atoms with E-state index in [1.165, 1.54) is 0 Å². The third kappa shape index (κ3) is 4.61. The van der Waals surface area contributed by atoms with Crippen molar-refractivity contribution in [2.45, 2.75) is 35.4 Å². The number of aliphatic hydroxyl groups is 1. The molecule has 1 fully saturated rings. The van der Waals surface area contributed by atoms with Gasteiger partial charge in [-0.05, 0) is 35.1 Å². The van der Waals surface area contributed by atoms with Gasteiger partial charge in [-0.25, -0.2) is 4.39 Å². The quantitative estimate of drug-likeness (QED) is 0.610. The summed E-state index contributed by atoms with van der Waals surface area (Å²) in [7, 11) is 0. The fraction of sp³-hybridized carbons (Fsp3) is 0.350. The van der Waals surface area contributed by atoms with Gasteiger partial charge in [0.1, 0.15) is 12.8 Å². The first-order valence-corrected chi connectivity index (χ1v) is 9.54. The van der Waals surface area contributed by atoms with Crippen LogP contribution in [0.2, 0.25) is 0 Å². The molecule has 1 amide bonds. The second-order valence-corrected chi connectivity index (χ2v) is 7.97. The smallest absolute Gasteiger partial charge is 0.253 e. The number of carbonyl (C=O) groups is 1. The van der Waals surface area contributed by atoms with Crippen LogP contribution in [0.25, 0.3) is 11.1 Å². The maximum absolute atomic E-state index is 13.2. The molecule has 4 N–H and O–H groups in total. The molecule has 0 bridgehead atoms. The lowest BCUT2D eigenvalue weighted by Crippen LogP contribution is -2.43. The van der Waals surface area contributed by atoms with Crippen molar-refractivity contribution in [2.75, 3.05) is 6.67 Å². The summed E-state index contributed by atoms with van der Waals surface area (Å²) in [5, 5.41) is 12.6. The van der Waals surface area contributed by atoms with E-state index in [0.717, 1.165) is 29.5 Å². The Morgan fingerprint density at radius 3 is 2.07 bits per heavy atom. The normalized spacial score (nSPS) is 17.4. The van der Waals surface area contributed by atoms with Crippen molar-refractivity contribution < 1.29 is 14.3 Å². The van der Waals surface area contributed by atoms with Gasteiger partial charge in [0.25, 0.3) is 5.91 Å². The summed E-state index contributed by atoms with van der Waals surface area (Å²) in [6.07, 6.45) is 0.813. The fourth-order valence-electron chi connectivity index (χ4n) is 2.97. The van der Waals surface area contributed by atoms with Crippen LogP contribution in [0.4, 0.5) is 4.39 Å². The minimum atomic E-state index is -1.32. The summed E-state index contributed by atoms with van der Waals surface area (Å²) < 4.78 is 13.2. The molecule has 1 aliphatic carbocycles. The molecule has 0 unspecified atom stereocenters. The number of alkyl halides is 3. The molecule has 27 heavy (non-hydrogen) atoms. The summed E-state index contributed by atoms with van der Waals surface area (Å²) in [5.41, 5.74) is 9.64. The predicted molar refractivity (Wildman–Crippen MR) is 105 cm³/mol. The average molecular weight is 411 g/mol. The molecule has 0 aromatic heterocycles. The summed E-state index contributed by atoms with van der Waals surface area (Å²) in [4.78, 5) is 10.2. The van der Waals surface area contributed by atoms with Crippen LogP contribution in [0.15, 0.2) is 48.5 Å². The predicted octanol–water partition coefficient (Wildman–Crippen LogP) is 3.59. The molecule has 4 nitrogen and oxygen atoms in total. The zero-order chi connectivity index (χ0) is 19.6. The summed E-state index contributed by atoms with van der Waals surface area (Å²) >= 11 is 10.9. The molecule has 3 rings (SSSR count). The van der Waals surface area contributed by atoms with E-state index in [-0.39, 0.29) is 5.54 Å². The second kappa shape index (κ2) is 8.15. The Kier molecular flexibility index (Phi) is 6.06. The first-order chi connectivity index (χ1) is 12.8. The Bertz CT molecular complexity index is 793. The number of nitrogens with one attached hydrogen (secondary N) is 1. The molecule has 1 aliphatic rings. The maximum Gasteiger partial charge on any atom is 0.253 e. The van der Waals surface area contributed by atoms with Gasteiger partial charge in [-0.3, -0.25) is 4.79 Å². The molecule has 0 saturated heterocycles. The van der Waals surface area contributed by atoms with Crippen LogP contribution in [-0.2, 0) is 10.3 Å². The third-order valence-electron chi connectivity index (χ3n) is 4.91. The number of nitrogens with two attached hydrogens (primary N) is 1. The van der Waals surface area contributed by atoms with Gasteiger partial charge in [-0.2, -0.15) is 0 Å². The zero-order valence-corrected chi connectivity index (χ0v) is 16.1. The molecule has 144 valence electrons. The highest BCUT2D eigenvalue weighted by atomic mass is 35.5. The Morgan fingerprint density at radius 2 is 1.63 bits per heavy atom. The minimum absolute atomic E-state index is 0.163. The lowest BCUT2D eigenvalue weighted by Gasteiger charge is -2.22. The Balaban J connectivity index is 1.71. The van der Waals surface area contributed by atoms with E-state index < -0.39 is 29.6 Å². The Morgan fingerprint density at radius 1 is 1.11 bits per heavy atom. The highest BCUT2D eigenvalue weighted by molar-refractivity contribution is 6.53. The van der Waals surface area contributed by atoms with Gasteiger partial charge in [0, 0.05) is 5.54 Å². The van der Waals surface area contributed by atoms with Crippen molar-refractivity contribution in [1.29, 1.82) is 0 Å². The Hall–Kier alpha value is -1.66. The number of rotatable bonds is 7. The van der Waals surface area contributed by atoms with Gasteiger partial charge in [0.15, 0.2) is 4.84 Å². The molecule has 0 spiro atoms. The van der Waals surface area contributed by atoms with Crippen molar-refractivity contribution in [3.05, 3.63) is 59.7 Å². The zero-order valence-electron chi connectivity index (χ0n) is 14.5. The number of aliphatic hydroxyl groups excluding tert-OH is 1. The lowest BCUT2D eigenvalue weighted by molar-refractivity contribution is -0.121. The molecule has 1 saturated carbocycles. The average Bonchev–Trinajstić information content (AvgIpc) is 3.44. The van der Waals surface area contributed by atoms with E-state index in [4.69, 9.17) is 28.9 Å². The van der Waals surface area contributed by atoms with E-state index in [1.54, 1.807) is 12.1 Å². The fourth-order valence-corrected chi connectivity index (χ4v) is 3.10.